The average molecular weight is 313 g/mol. The number of aliphatic carboxylic acids is 1. The molecule has 1 rings (SSSR count). The Bertz CT molecular complexity index is 412. The summed E-state index contributed by atoms with van der Waals surface area (Å²) >= 11 is 0. The van der Waals surface area contributed by atoms with Gasteiger partial charge in [0, 0.05) is 12.3 Å². The predicted molar refractivity (Wildman–Crippen MR) is 78.1 cm³/mol. The first-order chi connectivity index (χ1) is 10.4. The number of ether oxygens (including phenoxy) is 2. The summed E-state index contributed by atoms with van der Waals surface area (Å²) in [7, 11) is 0. The van der Waals surface area contributed by atoms with Crippen LogP contribution in [0, 0.1) is 5.92 Å². The molecule has 0 bridgehead atoms. The molecule has 1 aliphatic heterocycles. The van der Waals surface area contributed by atoms with Crippen LogP contribution in [0.25, 0.3) is 0 Å². The molecule has 0 atom stereocenters. The minimum Gasteiger partial charge on any atom is -0.481 e. The number of amides is 1. The van der Waals surface area contributed by atoms with Crippen LogP contribution in [-0.4, -0.2) is 48.8 Å². The fraction of sp³-hybridized carbons (Fsp3) is 0.667. The number of nitrogens with one attached hydrogen (secondary N) is 1. The highest BCUT2D eigenvalue weighted by molar-refractivity contribution is 6.23. The number of hydrogen-bond acceptors (Lipinski definition) is 5. The van der Waals surface area contributed by atoms with E-state index < -0.39 is 17.7 Å². The molecule has 7 heteroatoms. The molecular weight excluding hydrogens is 290 g/mol. The van der Waals surface area contributed by atoms with Gasteiger partial charge in [0.2, 0.25) is 6.29 Å². The second-order valence-corrected chi connectivity index (χ2v) is 5.45. The van der Waals surface area contributed by atoms with Crippen molar-refractivity contribution in [3.05, 3.63) is 12.2 Å². The van der Waals surface area contributed by atoms with Crippen molar-refractivity contribution in [2.45, 2.75) is 38.4 Å². The fourth-order valence-electron chi connectivity index (χ4n) is 1.98. The third-order valence-electron chi connectivity index (χ3n) is 3.34. The van der Waals surface area contributed by atoms with Crippen LogP contribution in [0.4, 0.5) is 0 Å². The van der Waals surface area contributed by atoms with E-state index in [9.17, 15) is 14.4 Å². The number of carbonyl (C=O) groups excluding carboxylic acids is 2. The second-order valence-electron chi connectivity index (χ2n) is 5.45. The van der Waals surface area contributed by atoms with E-state index in [1.54, 1.807) is 6.92 Å². The molecule has 1 heterocycles. The van der Waals surface area contributed by atoms with Crippen molar-refractivity contribution in [1.29, 1.82) is 0 Å². The summed E-state index contributed by atoms with van der Waals surface area (Å²) in [5, 5.41) is 10.9. The largest absolute Gasteiger partial charge is 0.481 e. The first kappa shape index (κ1) is 18.3. The zero-order valence-electron chi connectivity index (χ0n) is 12.7. The van der Waals surface area contributed by atoms with Gasteiger partial charge in [0.25, 0.3) is 5.91 Å². The molecular formula is C15H23NO6. The molecule has 1 fully saturated rings. The molecule has 1 saturated heterocycles. The highest BCUT2D eigenvalue weighted by Crippen LogP contribution is 2.22. The summed E-state index contributed by atoms with van der Waals surface area (Å²) in [6.45, 7) is 2.86. The zero-order chi connectivity index (χ0) is 16.4. The van der Waals surface area contributed by atoms with E-state index in [-0.39, 0.29) is 25.2 Å². The Morgan fingerprint density at radius 3 is 2.59 bits per heavy atom. The maximum absolute atomic E-state index is 10.9. The summed E-state index contributed by atoms with van der Waals surface area (Å²) in [5.41, 5.74) is 0. The van der Waals surface area contributed by atoms with Gasteiger partial charge in [-0.25, -0.2) is 0 Å². The highest BCUT2D eigenvalue weighted by Gasteiger charge is 2.32. The number of carboxylic acids is 1. The molecule has 1 aliphatic rings. The van der Waals surface area contributed by atoms with Gasteiger partial charge >= 0.3 is 5.97 Å². The molecule has 7 nitrogen and oxygen atoms in total. The van der Waals surface area contributed by atoms with Crippen LogP contribution in [0.5, 0.6) is 0 Å². The van der Waals surface area contributed by atoms with Crippen LogP contribution in [0.3, 0.4) is 0 Å². The first-order valence-corrected chi connectivity index (χ1v) is 7.33. The van der Waals surface area contributed by atoms with Crippen LogP contribution in [0.1, 0.15) is 32.6 Å². The number of hydrogen-bond donors (Lipinski definition) is 2. The van der Waals surface area contributed by atoms with Crippen LogP contribution in [-0.2, 0) is 23.9 Å². The Kier molecular flexibility index (Phi) is 7.76. The van der Waals surface area contributed by atoms with Crippen molar-refractivity contribution in [2.75, 3.05) is 19.8 Å². The lowest BCUT2D eigenvalue weighted by Gasteiger charge is -2.37. The van der Waals surface area contributed by atoms with E-state index in [1.807, 2.05) is 12.2 Å². The average Bonchev–Trinajstić information content (AvgIpc) is 2.50. The number of carbonyl (C=O) groups is 3. The van der Waals surface area contributed by atoms with Crippen molar-refractivity contribution in [3.8, 4) is 0 Å². The van der Waals surface area contributed by atoms with Gasteiger partial charge in [0.1, 0.15) is 0 Å². The van der Waals surface area contributed by atoms with Gasteiger partial charge in [-0.15, -0.1) is 0 Å². The van der Waals surface area contributed by atoms with Crippen LogP contribution >= 0.6 is 0 Å². The Morgan fingerprint density at radius 1 is 1.32 bits per heavy atom. The van der Waals surface area contributed by atoms with Crippen LogP contribution in [0.15, 0.2) is 12.2 Å². The Morgan fingerprint density at radius 2 is 2.00 bits per heavy atom. The van der Waals surface area contributed by atoms with Crippen LogP contribution < -0.4 is 5.32 Å². The molecule has 0 aliphatic carbocycles. The summed E-state index contributed by atoms with van der Waals surface area (Å²) in [5.74, 6) is -2.14. The molecule has 0 radical (unpaired) electrons. The smallest absolute Gasteiger partial charge is 0.303 e. The van der Waals surface area contributed by atoms with E-state index in [4.69, 9.17) is 14.6 Å². The minimum absolute atomic E-state index is 0.127. The van der Waals surface area contributed by atoms with Crippen molar-refractivity contribution in [3.63, 3.8) is 0 Å². The first-order valence-electron chi connectivity index (χ1n) is 7.33. The summed E-state index contributed by atoms with van der Waals surface area (Å²) in [4.78, 5) is 31.5. The van der Waals surface area contributed by atoms with Gasteiger partial charge < -0.3 is 19.9 Å². The molecule has 1 amide bonds. The summed E-state index contributed by atoms with van der Waals surface area (Å²) in [6, 6.07) is 0. The molecule has 2 N–H and O–H groups in total. The van der Waals surface area contributed by atoms with Gasteiger partial charge in [0.05, 0.1) is 19.8 Å². The Labute approximate surface area is 129 Å². The molecule has 22 heavy (non-hydrogen) atoms. The second kappa shape index (κ2) is 9.32. The van der Waals surface area contributed by atoms with Gasteiger partial charge in [-0.3, -0.25) is 14.4 Å². The van der Waals surface area contributed by atoms with Crippen LogP contribution in [0.2, 0.25) is 0 Å². The van der Waals surface area contributed by atoms with E-state index in [1.165, 1.54) is 0 Å². The van der Waals surface area contributed by atoms with Crippen molar-refractivity contribution < 1.29 is 29.0 Å². The maximum Gasteiger partial charge on any atom is 0.303 e. The third kappa shape index (κ3) is 7.33. The molecule has 0 spiro atoms. The van der Waals surface area contributed by atoms with Gasteiger partial charge in [-0.05, 0) is 26.2 Å². The monoisotopic (exact) mass is 313 g/mol. The zero-order valence-corrected chi connectivity index (χ0v) is 12.7. The molecule has 0 unspecified atom stereocenters. The topological polar surface area (TPSA) is 102 Å². The van der Waals surface area contributed by atoms with E-state index >= 15 is 0 Å². The number of aldehydes is 1. The maximum atomic E-state index is 10.9. The van der Waals surface area contributed by atoms with Crippen molar-refractivity contribution in [2.24, 2.45) is 5.92 Å². The SMILES string of the molecule is CC1(CNC(=O)C=O)OCC(CC=CCCCC(=O)O)CO1. The molecule has 0 aromatic rings. The minimum atomic E-state index is -0.902. The quantitative estimate of drug-likeness (QED) is 0.283. The third-order valence-corrected chi connectivity index (χ3v) is 3.34. The molecule has 124 valence electrons. The molecule has 0 saturated carbocycles. The summed E-state index contributed by atoms with van der Waals surface area (Å²) in [6.07, 6.45) is 6.56. The molecule has 0 aromatic carbocycles. The number of carboxylic acid groups (broad SMARTS) is 1. The Hall–Kier alpha value is -1.73. The highest BCUT2D eigenvalue weighted by atomic mass is 16.7. The van der Waals surface area contributed by atoms with Crippen molar-refractivity contribution >= 4 is 18.2 Å². The standard InChI is InChI=1S/C15H23NO6/c1-15(11-16-13(18)8-17)21-9-12(10-22-15)6-4-2-3-5-7-14(19)20/h2,4,8,12H,3,5-7,9-11H2,1H3,(H,16,18)(H,19,20). The van der Waals surface area contributed by atoms with Gasteiger partial charge in [0.15, 0.2) is 5.79 Å². The number of unbranched alkanes of at least 4 members (excludes halogenated alkanes) is 1. The fourth-order valence-corrected chi connectivity index (χ4v) is 1.98. The lowest BCUT2D eigenvalue weighted by molar-refractivity contribution is -0.268. The van der Waals surface area contributed by atoms with E-state index in [0.717, 1.165) is 12.8 Å². The molecule has 0 aromatic heterocycles. The number of rotatable bonds is 9. The lowest BCUT2D eigenvalue weighted by Crippen LogP contribution is -2.49. The van der Waals surface area contributed by atoms with Gasteiger partial charge in [-0.2, -0.15) is 0 Å². The summed E-state index contributed by atoms with van der Waals surface area (Å²) < 4.78 is 11.2. The van der Waals surface area contributed by atoms with E-state index in [2.05, 4.69) is 5.32 Å². The number of allylic oxidation sites excluding steroid dienone is 2. The lowest BCUT2D eigenvalue weighted by atomic mass is 10.1. The predicted octanol–water partition coefficient (Wildman–Crippen LogP) is 0.882. The van der Waals surface area contributed by atoms with E-state index in [0.29, 0.717) is 19.6 Å². The Balaban J connectivity index is 2.19. The van der Waals surface area contributed by atoms with Crippen molar-refractivity contribution in [1.82, 2.24) is 5.32 Å². The van der Waals surface area contributed by atoms with Gasteiger partial charge in [-0.1, -0.05) is 12.2 Å². The normalized spacial score (nSPS) is 25.0.